The molecule has 0 radical (unpaired) electrons. The van der Waals surface area contributed by atoms with E-state index in [1.165, 1.54) is 6.08 Å². The molecule has 1 aliphatic rings. The number of hydrogen-bond donors (Lipinski definition) is 4. The summed E-state index contributed by atoms with van der Waals surface area (Å²) < 4.78 is 0. The average molecular weight is 326 g/mol. The van der Waals surface area contributed by atoms with Crippen molar-refractivity contribution in [2.75, 3.05) is 25.5 Å². The van der Waals surface area contributed by atoms with E-state index in [9.17, 15) is 4.79 Å². The number of amides is 1. The van der Waals surface area contributed by atoms with Gasteiger partial charge in [-0.15, -0.1) is 0 Å². The van der Waals surface area contributed by atoms with E-state index in [0.717, 1.165) is 48.6 Å². The molecule has 0 saturated carbocycles. The molecular weight excluding hydrogens is 304 g/mol. The Bertz CT molecular complexity index is 785. The summed E-state index contributed by atoms with van der Waals surface area (Å²) >= 11 is 0. The first-order chi connectivity index (χ1) is 11.6. The van der Waals surface area contributed by atoms with Gasteiger partial charge in [0.15, 0.2) is 5.82 Å². The highest BCUT2D eigenvalue weighted by Gasteiger charge is 2.24. The van der Waals surface area contributed by atoms with Gasteiger partial charge in [0, 0.05) is 23.2 Å². The number of hydrogen-bond acceptors (Lipinski definition) is 5. The van der Waals surface area contributed by atoms with E-state index in [-0.39, 0.29) is 11.8 Å². The molecule has 126 valence electrons. The molecule has 7 nitrogen and oxygen atoms in total. The maximum atomic E-state index is 12.5. The molecule has 1 aliphatic heterocycles. The zero-order valence-corrected chi connectivity index (χ0v) is 13.7. The van der Waals surface area contributed by atoms with Crippen LogP contribution in [0, 0.1) is 11.3 Å². The number of H-pyrrole nitrogens is 1. The SMILES string of the molecule is CN1CCC(C(=O)Nc2n[nH]c3ccc(/C(N)=C/C=N)cc23)CC1. The van der Waals surface area contributed by atoms with E-state index in [2.05, 4.69) is 27.5 Å². The van der Waals surface area contributed by atoms with Crippen LogP contribution in [0.1, 0.15) is 18.4 Å². The second kappa shape index (κ2) is 6.84. The van der Waals surface area contributed by atoms with Crippen molar-refractivity contribution < 1.29 is 4.79 Å². The van der Waals surface area contributed by atoms with Crippen molar-refractivity contribution in [1.82, 2.24) is 15.1 Å². The minimum absolute atomic E-state index is 0.0184. The monoisotopic (exact) mass is 326 g/mol. The molecule has 24 heavy (non-hydrogen) atoms. The molecule has 0 aliphatic carbocycles. The Labute approximate surface area is 140 Å². The number of carbonyl (C=O) groups excluding carboxylic acids is 1. The summed E-state index contributed by atoms with van der Waals surface area (Å²) in [5.74, 6) is 0.572. The third-order valence-electron chi connectivity index (χ3n) is 4.49. The largest absolute Gasteiger partial charge is 0.398 e. The fourth-order valence-electron chi connectivity index (χ4n) is 2.96. The van der Waals surface area contributed by atoms with Gasteiger partial charge in [-0.2, -0.15) is 5.10 Å². The number of rotatable bonds is 4. The fraction of sp³-hybridized carbons (Fsp3) is 0.353. The summed E-state index contributed by atoms with van der Waals surface area (Å²) in [5.41, 5.74) is 8.06. The first-order valence-corrected chi connectivity index (χ1v) is 8.02. The summed E-state index contributed by atoms with van der Waals surface area (Å²) in [6.45, 7) is 1.88. The Balaban J connectivity index is 1.81. The summed E-state index contributed by atoms with van der Waals surface area (Å²) in [6, 6.07) is 5.60. The van der Waals surface area contributed by atoms with E-state index < -0.39 is 0 Å². The maximum absolute atomic E-state index is 12.5. The lowest BCUT2D eigenvalue weighted by Gasteiger charge is -2.27. The minimum atomic E-state index is 0.0184. The van der Waals surface area contributed by atoms with Crippen molar-refractivity contribution in [3.8, 4) is 0 Å². The summed E-state index contributed by atoms with van der Waals surface area (Å²) in [7, 11) is 2.07. The maximum Gasteiger partial charge on any atom is 0.228 e. The summed E-state index contributed by atoms with van der Waals surface area (Å²) in [4.78, 5) is 14.7. The molecule has 1 fully saturated rings. The highest BCUT2D eigenvalue weighted by Crippen LogP contribution is 2.25. The number of benzene rings is 1. The van der Waals surface area contributed by atoms with Gasteiger partial charge >= 0.3 is 0 Å². The number of nitrogens with two attached hydrogens (primary N) is 1. The van der Waals surface area contributed by atoms with Gasteiger partial charge in [0.2, 0.25) is 5.91 Å². The van der Waals surface area contributed by atoms with Crippen LogP contribution in [-0.4, -0.2) is 47.4 Å². The van der Waals surface area contributed by atoms with Crippen molar-refractivity contribution in [1.29, 1.82) is 5.41 Å². The zero-order chi connectivity index (χ0) is 17.1. The first kappa shape index (κ1) is 16.2. The number of allylic oxidation sites excluding steroid dienone is 1. The third-order valence-corrected chi connectivity index (χ3v) is 4.49. The number of nitrogens with zero attached hydrogens (tertiary/aromatic N) is 2. The standard InChI is InChI=1S/C17H22N6O/c1-23-8-5-11(6-9-23)17(24)20-16-13-10-12(14(19)4-7-18)2-3-15(13)21-22-16/h2-4,7,10-11,18H,5-6,8-9,19H2,1H3,(H2,20,21,22,24)/b14-4-,18-7?. The van der Waals surface area contributed by atoms with E-state index in [1.54, 1.807) is 0 Å². The van der Waals surface area contributed by atoms with E-state index in [4.69, 9.17) is 11.1 Å². The average Bonchev–Trinajstić information content (AvgIpc) is 2.98. The van der Waals surface area contributed by atoms with Crippen LogP contribution in [0.5, 0.6) is 0 Å². The number of nitrogens with one attached hydrogen (secondary N) is 3. The van der Waals surface area contributed by atoms with Crippen LogP contribution in [0.3, 0.4) is 0 Å². The van der Waals surface area contributed by atoms with Crippen LogP contribution >= 0.6 is 0 Å². The number of piperidine rings is 1. The van der Waals surface area contributed by atoms with Crippen molar-refractivity contribution in [2.45, 2.75) is 12.8 Å². The molecule has 5 N–H and O–H groups in total. The predicted octanol–water partition coefficient (Wildman–Crippen LogP) is 1.79. The van der Waals surface area contributed by atoms with Crippen LogP contribution in [0.15, 0.2) is 24.3 Å². The Morgan fingerprint density at radius 3 is 2.92 bits per heavy atom. The molecule has 1 aromatic carbocycles. The number of fused-ring (bicyclic) bond motifs is 1. The van der Waals surface area contributed by atoms with Crippen molar-refractivity contribution in [3.05, 3.63) is 29.8 Å². The lowest BCUT2D eigenvalue weighted by atomic mass is 9.96. The van der Waals surface area contributed by atoms with Gasteiger partial charge in [0.05, 0.1) is 5.52 Å². The van der Waals surface area contributed by atoms with Gasteiger partial charge in [-0.25, -0.2) is 0 Å². The van der Waals surface area contributed by atoms with E-state index in [1.807, 2.05) is 18.2 Å². The molecule has 1 aromatic heterocycles. The molecule has 2 heterocycles. The zero-order valence-electron chi connectivity index (χ0n) is 13.7. The lowest BCUT2D eigenvalue weighted by Crippen LogP contribution is -2.36. The number of aromatic amines is 1. The normalized spacial score (nSPS) is 17.1. The van der Waals surface area contributed by atoms with E-state index in [0.29, 0.717) is 11.5 Å². The van der Waals surface area contributed by atoms with Gasteiger partial charge < -0.3 is 21.4 Å². The third kappa shape index (κ3) is 3.30. The van der Waals surface area contributed by atoms with Crippen LogP contribution in [0.25, 0.3) is 16.6 Å². The number of anilines is 1. The smallest absolute Gasteiger partial charge is 0.228 e. The quantitative estimate of drug-likeness (QED) is 0.642. The first-order valence-electron chi connectivity index (χ1n) is 8.02. The second-order valence-corrected chi connectivity index (χ2v) is 6.19. The van der Waals surface area contributed by atoms with Gasteiger partial charge in [-0.3, -0.25) is 9.89 Å². The highest BCUT2D eigenvalue weighted by atomic mass is 16.2. The van der Waals surface area contributed by atoms with Crippen LogP contribution in [0.2, 0.25) is 0 Å². The van der Waals surface area contributed by atoms with Gasteiger partial charge in [-0.05, 0) is 56.8 Å². The molecule has 0 unspecified atom stereocenters. The van der Waals surface area contributed by atoms with Gasteiger partial charge in [0.1, 0.15) is 0 Å². The van der Waals surface area contributed by atoms with E-state index >= 15 is 0 Å². The molecular formula is C17H22N6O. The van der Waals surface area contributed by atoms with Crippen LogP contribution < -0.4 is 11.1 Å². The minimum Gasteiger partial charge on any atom is -0.398 e. The molecule has 1 amide bonds. The fourth-order valence-corrected chi connectivity index (χ4v) is 2.96. The Morgan fingerprint density at radius 2 is 2.21 bits per heavy atom. The number of likely N-dealkylation sites (tertiary alicyclic amines) is 1. The topological polar surface area (TPSA) is 111 Å². The highest BCUT2D eigenvalue weighted by molar-refractivity contribution is 6.01. The molecule has 3 rings (SSSR count). The van der Waals surface area contributed by atoms with Crippen molar-refractivity contribution >= 4 is 34.5 Å². The lowest BCUT2D eigenvalue weighted by molar-refractivity contribution is -0.121. The molecule has 2 aromatic rings. The van der Waals surface area contributed by atoms with Crippen LogP contribution in [0.4, 0.5) is 5.82 Å². The molecule has 7 heteroatoms. The molecule has 0 bridgehead atoms. The Hall–Kier alpha value is -2.67. The molecule has 0 spiro atoms. The number of aromatic nitrogens is 2. The molecule has 1 saturated heterocycles. The predicted molar refractivity (Wildman–Crippen MR) is 95.9 cm³/mol. The summed E-state index contributed by atoms with van der Waals surface area (Å²) in [5, 5.41) is 18.0. The van der Waals surface area contributed by atoms with Gasteiger partial charge in [0.25, 0.3) is 0 Å². The second-order valence-electron chi connectivity index (χ2n) is 6.19. The van der Waals surface area contributed by atoms with Crippen molar-refractivity contribution in [2.24, 2.45) is 11.7 Å². The van der Waals surface area contributed by atoms with Crippen molar-refractivity contribution in [3.63, 3.8) is 0 Å². The Kier molecular flexibility index (Phi) is 4.61. The number of carbonyl (C=O) groups is 1. The summed E-state index contributed by atoms with van der Waals surface area (Å²) in [6.07, 6.45) is 4.41. The van der Waals surface area contributed by atoms with Crippen LogP contribution in [-0.2, 0) is 4.79 Å². The Morgan fingerprint density at radius 1 is 1.46 bits per heavy atom. The van der Waals surface area contributed by atoms with Gasteiger partial charge in [-0.1, -0.05) is 6.07 Å². The molecule has 0 atom stereocenters.